The van der Waals surface area contributed by atoms with E-state index in [4.69, 9.17) is 0 Å². The van der Waals surface area contributed by atoms with Gasteiger partial charge in [-0.15, -0.1) is 0 Å². The average Bonchev–Trinajstić information content (AvgIpc) is 2.64. The summed E-state index contributed by atoms with van der Waals surface area (Å²) in [6.45, 7) is -0.448. The molecule has 28 heavy (non-hydrogen) atoms. The molecule has 9 heteroatoms. The van der Waals surface area contributed by atoms with Gasteiger partial charge in [0.1, 0.15) is 11.6 Å². The minimum absolute atomic E-state index is 0.0102. The summed E-state index contributed by atoms with van der Waals surface area (Å²) in [4.78, 5) is 17.6. The van der Waals surface area contributed by atoms with Gasteiger partial charge < -0.3 is 5.32 Å². The van der Waals surface area contributed by atoms with Crippen molar-refractivity contribution in [2.75, 3.05) is 19.6 Å². The van der Waals surface area contributed by atoms with Crippen LogP contribution in [0.15, 0.2) is 36.5 Å². The molecule has 1 aromatic carbocycles. The van der Waals surface area contributed by atoms with Crippen LogP contribution < -0.4 is 5.32 Å². The van der Waals surface area contributed by atoms with Crippen molar-refractivity contribution < 1.29 is 26.7 Å². The third kappa shape index (κ3) is 5.25. The Balaban J connectivity index is 1.58. The number of hydrogen-bond acceptors (Lipinski definition) is 3. The lowest BCUT2D eigenvalue weighted by Crippen LogP contribution is -2.47. The summed E-state index contributed by atoms with van der Waals surface area (Å²) in [6.07, 6.45) is -2.14. The van der Waals surface area contributed by atoms with Crippen LogP contribution in [0.25, 0.3) is 11.3 Å². The molecule has 3 rings (SSSR count). The highest BCUT2D eigenvalue weighted by molar-refractivity contribution is 5.94. The van der Waals surface area contributed by atoms with Gasteiger partial charge in [0.15, 0.2) is 0 Å². The van der Waals surface area contributed by atoms with Crippen LogP contribution in [0, 0.1) is 11.6 Å². The number of halogens is 5. The van der Waals surface area contributed by atoms with Crippen LogP contribution in [-0.2, 0) is 0 Å². The third-order valence-electron chi connectivity index (χ3n) is 4.56. The molecule has 1 N–H and O–H groups in total. The summed E-state index contributed by atoms with van der Waals surface area (Å²) in [5, 5.41) is 2.78. The van der Waals surface area contributed by atoms with Gasteiger partial charge in [0.25, 0.3) is 5.91 Å². The second-order valence-electron chi connectivity index (χ2n) is 6.70. The highest BCUT2D eigenvalue weighted by Gasteiger charge is 2.32. The summed E-state index contributed by atoms with van der Waals surface area (Å²) in [6, 6.07) is 5.65. The number of nitrogens with zero attached hydrogens (tertiary/aromatic N) is 2. The quantitative estimate of drug-likeness (QED) is 0.796. The van der Waals surface area contributed by atoms with Crippen molar-refractivity contribution in [3.05, 3.63) is 53.7 Å². The van der Waals surface area contributed by atoms with Crippen LogP contribution in [0.1, 0.15) is 23.2 Å². The van der Waals surface area contributed by atoms with E-state index in [0.29, 0.717) is 12.8 Å². The maximum absolute atomic E-state index is 13.8. The van der Waals surface area contributed by atoms with E-state index in [1.54, 1.807) is 0 Å². The Kier molecular flexibility index (Phi) is 5.93. The molecule has 1 saturated heterocycles. The summed E-state index contributed by atoms with van der Waals surface area (Å²) in [5.41, 5.74) is 0.413. The number of rotatable bonds is 4. The largest absolute Gasteiger partial charge is 0.401 e. The lowest BCUT2D eigenvalue weighted by Gasteiger charge is -2.32. The Morgan fingerprint density at radius 2 is 1.86 bits per heavy atom. The molecule has 0 atom stereocenters. The number of nitrogens with one attached hydrogen (secondary N) is 1. The molecule has 1 fully saturated rings. The topological polar surface area (TPSA) is 45.2 Å². The second kappa shape index (κ2) is 8.22. The maximum atomic E-state index is 13.8. The molecule has 0 bridgehead atoms. The van der Waals surface area contributed by atoms with E-state index in [2.05, 4.69) is 10.3 Å². The van der Waals surface area contributed by atoms with Gasteiger partial charge in [-0.25, -0.2) is 8.78 Å². The van der Waals surface area contributed by atoms with Gasteiger partial charge in [-0.1, -0.05) is 0 Å². The van der Waals surface area contributed by atoms with Gasteiger partial charge in [0.2, 0.25) is 0 Å². The predicted molar refractivity (Wildman–Crippen MR) is 92.6 cm³/mol. The zero-order chi connectivity index (χ0) is 20.3. The molecule has 2 aromatic rings. The number of alkyl halides is 3. The molecular weight excluding hydrogens is 381 g/mol. The van der Waals surface area contributed by atoms with E-state index >= 15 is 0 Å². The molecule has 0 aliphatic carbocycles. The Hall–Kier alpha value is -2.55. The van der Waals surface area contributed by atoms with E-state index in [0.717, 1.165) is 18.2 Å². The number of amides is 1. The van der Waals surface area contributed by atoms with Crippen LogP contribution in [-0.4, -0.2) is 47.6 Å². The fourth-order valence-corrected chi connectivity index (χ4v) is 3.14. The van der Waals surface area contributed by atoms with Crippen molar-refractivity contribution >= 4 is 5.91 Å². The first-order chi connectivity index (χ1) is 13.2. The fourth-order valence-electron chi connectivity index (χ4n) is 3.14. The Labute approximate surface area is 158 Å². The van der Waals surface area contributed by atoms with E-state index in [1.807, 2.05) is 0 Å². The molecule has 4 nitrogen and oxygen atoms in total. The first kappa shape index (κ1) is 20.2. The lowest BCUT2D eigenvalue weighted by atomic mass is 10.0. The van der Waals surface area contributed by atoms with Crippen molar-refractivity contribution in [2.45, 2.75) is 25.1 Å². The van der Waals surface area contributed by atoms with Gasteiger partial charge in [-0.05, 0) is 43.2 Å². The molecule has 0 unspecified atom stereocenters. The minimum Gasteiger partial charge on any atom is -0.349 e. The third-order valence-corrected chi connectivity index (χ3v) is 4.56. The minimum atomic E-state index is -4.23. The van der Waals surface area contributed by atoms with Gasteiger partial charge in [0.05, 0.1) is 17.8 Å². The molecule has 1 amide bonds. The Morgan fingerprint density at radius 1 is 1.14 bits per heavy atom. The average molecular weight is 399 g/mol. The van der Waals surface area contributed by atoms with E-state index in [9.17, 15) is 26.7 Å². The fraction of sp³-hybridized carbons (Fsp3) is 0.368. The van der Waals surface area contributed by atoms with Crippen LogP contribution in [0.2, 0.25) is 0 Å². The second-order valence-corrected chi connectivity index (χ2v) is 6.70. The number of pyridine rings is 1. The number of carbonyl (C=O) groups is 1. The van der Waals surface area contributed by atoms with E-state index < -0.39 is 30.3 Å². The van der Waals surface area contributed by atoms with Crippen molar-refractivity contribution in [3.63, 3.8) is 0 Å². The first-order valence-corrected chi connectivity index (χ1v) is 8.73. The number of aromatic nitrogens is 1. The summed E-state index contributed by atoms with van der Waals surface area (Å²) in [7, 11) is 0. The number of benzene rings is 1. The van der Waals surface area contributed by atoms with Crippen LogP contribution >= 0.6 is 0 Å². The Bertz CT molecular complexity index is 830. The Morgan fingerprint density at radius 3 is 2.46 bits per heavy atom. The highest BCUT2D eigenvalue weighted by Crippen LogP contribution is 2.22. The molecule has 0 saturated carbocycles. The summed E-state index contributed by atoms with van der Waals surface area (Å²) >= 11 is 0. The molecule has 150 valence electrons. The van der Waals surface area contributed by atoms with Gasteiger partial charge >= 0.3 is 6.18 Å². The van der Waals surface area contributed by atoms with Crippen LogP contribution in [0.5, 0.6) is 0 Å². The zero-order valence-corrected chi connectivity index (χ0v) is 14.8. The number of piperidine rings is 1. The highest BCUT2D eigenvalue weighted by atomic mass is 19.4. The molecule has 0 radical (unpaired) electrons. The predicted octanol–water partition coefficient (Wildman–Crippen LogP) is 3.78. The monoisotopic (exact) mass is 399 g/mol. The SMILES string of the molecule is O=C(NC1CCN(CC(F)(F)F)CC1)c1ccc(-c2cc(F)ccc2F)nc1. The van der Waals surface area contributed by atoms with Gasteiger partial charge in [0, 0.05) is 30.9 Å². The van der Waals surface area contributed by atoms with E-state index in [1.165, 1.54) is 23.2 Å². The van der Waals surface area contributed by atoms with Crippen molar-refractivity contribution in [2.24, 2.45) is 0 Å². The molecule has 1 aliphatic rings. The smallest absolute Gasteiger partial charge is 0.349 e. The standard InChI is InChI=1S/C19H18F5N3O/c20-13-2-3-16(21)15(9-13)17-4-1-12(10-25-17)18(28)26-14-5-7-27(8-6-14)11-19(22,23)24/h1-4,9-10,14H,5-8,11H2,(H,26,28). The van der Waals surface area contributed by atoms with Crippen LogP contribution in [0.3, 0.4) is 0 Å². The molecule has 2 heterocycles. The van der Waals surface area contributed by atoms with E-state index in [-0.39, 0.29) is 36.0 Å². The molecule has 0 spiro atoms. The number of hydrogen-bond donors (Lipinski definition) is 1. The lowest BCUT2D eigenvalue weighted by molar-refractivity contribution is -0.148. The summed E-state index contributed by atoms with van der Waals surface area (Å²) < 4.78 is 64.3. The van der Waals surface area contributed by atoms with Crippen LogP contribution in [0.4, 0.5) is 22.0 Å². The number of likely N-dealkylation sites (tertiary alicyclic amines) is 1. The molecular formula is C19H18F5N3O. The first-order valence-electron chi connectivity index (χ1n) is 8.73. The normalized spacial score (nSPS) is 16.2. The van der Waals surface area contributed by atoms with Gasteiger partial charge in [-0.3, -0.25) is 14.7 Å². The van der Waals surface area contributed by atoms with Crippen molar-refractivity contribution in [3.8, 4) is 11.3 Å². The van der Waals surface area contributed by atoms with Crippen molar-refractivity contribution in [1.29, 1.82) is 0 Å². The molecule has 1 aliphatic heterocycles. The number of carbonyl (C=O) groups excluding carboxylic acids is 1. The molecule has 1 aromatic heterocycles. The maximum Gasteiger partial charge on any atom is 0.401 e. The summed E-state index contributed by atoms with van der Waals surface area (Å²) in [5.74, 6) is -1.64. The van der Waals surface area contributed by atoms with Crippen molar-refractivity contribution in [1.82, 2.24) is 15.2 Å². The zero-order valence-electron chi connectivity index (χ0n) is 14.8. The van der Waals surface area contributed by atoms with Gasteiger partial charge in [-0.2, -0.15) is 13.2 Å².